The Morgan fingerprint density at radius 2 is 2.27 bits per heavy atom. The van der Waals surface area contributed by atoms with Crippen LogP contribution in [0.25, 0.3) is 11.5 Å². The molecule has 0 aliphatic heterocycles. The van der Waals surface area contributed by atoms with Gasteiger partial charge < -0.3 is 18.8 Å². The van der Waals surface area contributed by atoms with Crippen molar-refractivity contribution in [2.75, 3.05) is 6.54 Å². The molecule has 3 heterocycles. The second-order valence-corrected chi connectivity index (χ2v) is 4.90. The molecule has 0 unspecified atom stereocenters. The van der Waals surface area contributed by atoms with E-state index in [0.29, 0.717) is 18.1 Å². The van der Waals surface area contributed by atoms with E-state index >= 15 is 0 Å². The number of furan rings is 1. The molecule has 0 aliphatic rings. The Morgan fingerprint density at radius 1 is 1.36 bits per heavy atom. The summed E-state index contributed by atoms with van der Waals surface area (Å²) < 4.78 is 12.5. The highest BCUT2D eigenvalue weighted by Gasteiger charge is 2.15. The maximum absolute atomic E-state index is 12.0. The molecule has 0 aromatic carbocycles. The second-order valence-electron chi connectivity index (χ2n) is 4.90. The lowest BCUT2D eigenvalue weighted by Crippen LogP contribution is -2.25. The van der Waals surface area contributed by atoms with E-state index in [4.69, 9.17) is 8.94 Å². The van der Waals surface area contributed by atoms with Crippen LogP contribution in [0.4, 0.5) is 0 Å². The van der Waals surface area contributed by atoms with Gasteiger partial charge in [0, 0.05) is 31.5 Å². The smallest absolute Gasteiger partial charge is 0.273 e. The topological polar surface area (TPSA) is 86.1 Å². The van der Waals surface area contributed by atoms with Gasteiger partial charge in [-0.2, -0.15) is 0 Å². The average molecular weight is 300 g/mol. The van der Waals surface area contributed by atoms with Crippen LogP contribution in [0.15, 0.2) is 45.9 Å². The standard InChI is InChI=1S/C15H16N4O3/c1-11-3-4-13(21-11)14-9-12(18-22-14)15(20)17-5-2-7-19-8-6-16-10-19/h3-4,6,8-10H,2,5,7H2,1H3,(H,17,20). The molecule has 114 valence electrons. The number of aryl methyl sites for hydroxylation is 2. The van der Waals surface area contributed by atoms with Crippen molar-refractivity contribution in [3.63, 3.8) is 0 Å². The zero-order valence-corrected chi connectivity index (χ0v) is 12.2. The molecule has 22 heavy (non-hydrogen) atoms. The van der Waals surface area contributed by atoms with Crippen LogP contribution >= 0.6 is 0 Å². The van der Waals surface area contributed by atoms with Gasteiger partial charge in [-0.25, -0.2) is 4.98 Å². The summed E-state index contributed by atoms with van der Waals surface area (Å²) in [7, 11) is 0. The predicted molar refractivity (Wildman–Crippen MR) is 78.1 cm³/mol. The molecule has 0 aliphatic carbocycles. The van der Waals surface area contributed by atoms with Crippen molar-refractivity contribution in [3.05, 3.63) is 48.4 Å². The van der Waals surface area contributed by atoms with Crippen LogP contribution in [-0.4, -0.2) is 27.2 Å². The minimum absolute atomic E-state index is 0.242. The van der Waals surface area contributed by atoms with Crippen molar-refractivity contribution in [1.82, 2.24) is 20.0 Å². The van der Waals surface area contributed by atoms with Gasteiger partial charge in [-0.1, -0.05) is 5.16 Å². The fraction of sp³-hybridized carbons (Fsp3) is 0.267. The van der Waals surface area contributed by atoms with Gasteiger partial charge in [-0.3, -0.25) is 4.79 Å². The van der Waals surface area contributed by atoms with E-state index < -0.39 is 0 Å². The quantitative estimate of drug-likeness (QED) is 0.706. The molecule has 0 saturated heterocycles. The van der Waals surface area contributed by atoms with E-state index in [1.54, 1.807) is 24.7 Å². The van der Waals surface area contributed by atoms with Gasteiger partial charge in [0.05, 0.1) is 6.33 Å². The van der Waals surface area contributed by atoms with Crippen molar-refractivity contribution in [1.29, 1.82) is 0 Å². The van der Waals surface area contributed by atoms with Gasteiger partial charge in [0.15, 0.2) is 11.5 Å². The predicted octanol–water partition coefficient (Wildman–Crippen LogP) is 2.26. The van der Waals surface area contributed by atoms with Crippen LogP contribution in [0.5, 0.6) is 0 Å². The normalized spacial score (nSPS) is 10.8. The van der Waals surface area contributed by atoms with Gasteiger partial charge >= 0.3 is 0 Å². The van der Waals surface area contributed by atoms with Crippen LogP contribution in [-0.2, 0) is 6.54 Å². The number of imidazole rings is 1. The number of nitrogens with zero attached hydrogens (tertiary/aromatic N) is 3. The molecule has 1 amide bonds. The van der Waals surface area contributed by atoms with Crippen molar-refractivity contribution in [3.8, 4) is 11.5 Å². The van der Waals surface area contributed by atoms with Gasteiger partial charge in [-0.05, 0) is 25.5 Å². The molecule has 0 radical (unpaired) electrons. The molecule has 7 heteroatoms. The number of aromatic nitrogens is 3. The Hall–Kier alpha value is -2.83. The fourth-order valence-corrected chi connectivity index (χ4v) is 2.04. The summed E-state index contributed by atoms with van der Waals surface area (Å²) in [4.78, 5) is 15.9. The lowest BCUT2D eigenvalue weighted by molar-refractivity contribution is 0.0943. The first-order valence-corrected chi connectivity index (χ1v) is 7.00. The molecule has 3 aromatic heterocycles. The SMILES string of the molecule is Cc1ccc(-c2cc(C(=O)NCCCn3ccnc3)no2)o1. The second kappa shape index (κ2) is 6.30. The van der Waals surface area contributed by atoms with Crippen LogP contribution in [0.2, 0.25) is 0 Å². The van der Waals surface area contributed by atoms with E-state index in [9.17, 15) is 4.79 Å². The summed E-state index contributed by atoms with van der Waals surface area (Å²) in [6.07, 6.45) is 6.17. The van der Waals surface area contributed by atoms with E-state index in [1.165, 1.54) is 0 Å². The number of carbonyl (C=O) groups is 1. The van der Waals surface area contributed by atoms with Crippen molar-refractivity contribution in [2.45, 2.75) is 19.9 Å². The van der Waals surface area contributed by atoms with Gasteiger partial charge in [0.25, 0.3) is 5.91 Å². The number of amides is 1. The number of hydrogen-bond donors (Lipinski definition) is 1. The molecule has 1 N–H and O–H groups in total. The van der Waals surface area contributed by atoms with E-state index in [1.807, 2.05) is 23.8 Å². The first kappa shape index (κ1) is 14.1. The minimum atomic E-state index is -0.260. The highest BCUT2D eigenvalue weighted by molar-refractivity contribution is 5.92. The molecule has 0 fully saturated rings. The van der Waals surface area contributed by atoms with E-state index in [2.05, 4.69) is 15.5 Å². The summed E-state index contributed by atoms with van der Waals surface area (Å²) in [5.41, 5.74) is 0.242. The fourth-order valence-electron chi connectivity index (χ4n) is 2.04. The van der Waals surface area contributed by atoms with Crippen molar-refractivity contribution < 1.29 is 13.7 Å². The summed E-state index contributed by atoms with van der Waals surface area (Å²) in [6, 6.07) is 5.18. The highest BCUT2D eigenvalue weighted by atomic mass is 16.5. The zero-order chi connectivity index (χ0) is 15.4. The average Bonchev–Trinajstić information content (AvgIpc) is 3.24. The highest BCUT2D eigenvalue weighted by Crippen LogP contribution is 2.22. The third-order valence-electron chi connectivity index (χ3n) is 3.16. The zero-order valence-electron chi connectivity index (χ0n) is 12.2. The Balaban J connectivity index is 1.51. The maximum Gasteiger partial charge on any atom is 0.273 e. The number of hydrogen-bond acceptors (Lipinski definition) is 5. The van der Waals surface area contributed by atoms with Crippen LogP contribution in [0.3, 0.4) is 0 Å². The summed E-state index contributed by atoms with van der Waals surface area (Å²) >= 11 is 0. The monoisotopic (exact) mass is 300 g/mol. The first-order chi connectivity index (χ1) is 10.7. The van der Waals surface area contributed by atoms with Crippen LogP contribution < -0.4 is 5.32 Å². The molecular formula is C15H16N4O3. The summed E-state index contributed by atoms with van der Waals surface area (Å²) in [6.45, 7) is 3.20. The molecule has 3 aromatic rings. The maximum atomic E-state index is 12.0. The van der Waals surface area contributed by atoms with E-state index in [0.717, 1.165) is 18.7 Å². The molecule has 0 bridgehead atoms. The molecular weight excluding hydrogens is 284 g/mol. The molecule has 7 nitrogen and oxygen atoms in total. The summed E-state index contributed by atoms with van der Waals surface area (Å²) in [5.74, 6) is 1.52. The first-order valence-electron chi connectivity index (χ1n) is 7.00. The molecule has 0 spiro atoms. The van der Waals surface area contributed by atoms with Gasteiger partial charge in [0.1, 0.15) is 5.76 Å². The largest absolute Gasteiger partial charge is 0.458 e. The Labute approximate surface area is 126 Å². The Morgan fingerprint density at radius 3 is 3.00 bits per heavy atom. The minimum Gasteiger partial charge on any atom is -0.458 e. The van der Waals surface area contributed by atoms with Crippen molar-refractivity contribution in [2.24, 2.45) is 0 Å². The van der Waals surface area contributed by atoms with E-state index in [-0.39, 0.29) is 11.6 Å². The van der Waals surface area contributed by atoms with Crippen LogP contribution in [0, 0.1) is 6.92 Å². The Kier molecular flexibility index (Phi) is 4.04. The molecule has 0 saturated carbocycles. The molecule has 0 atom stereocenters. The van der Waals surface area contributed by atoms with Gasteiger partial charge in [0.2, 0.25) is 5.76 Å². The third kappa shape index (κ3) is 3.25. The van der Waals surface area contributed by atoms with Gasteiger partial charge in [-0.15, -0.1) is 0 Å². The lowest BCUT2D eigenvalue weighted by Gasteiger charge is -2.03. The number of nitrogens with one attached hydrogen (secondary N) is 1. The third-order valence-corrected chi connectivity index (χ3v) is 3.16. The van der Waals surface area contributed by atoms with Crippen LogP contribution in [0.1, 0.15) is 22.7 Å². The van der Waals surface area contributed by atoms with Crippen molar-refractivity contribution >= 4 is 5.91 Å². The summed E-state index contributed by atoms with van der Waals surface area (Å²) in [5, 5.41) is 6.57. The molecule has 3 rings (SSSR count). The number of carbonyl (C=O) groups excluding carboxylic acids is 1. The lowest BCUT2D eigenvalue weighted by atomic mass is 10.3. The number of rotatable bonds is 6. The Bertz CT molecular complexity index is 743.